The van der Waals surface area contributed by atoms with Crippen molar-refractivity contribution < 1.29 is 0 Å². The lowest BCUT2D eigenvalue weighted by Crippen LogP contribution is -2.08. The summed E-state index contributed by atoms with van der Waals surface area (Å²) in [7, 11) is 0. The predicted molar refractivity (Wildman–Crippen MR) is 59.0 cm³/mol. The van der Waals surface area contributed by atoms with Gasteiger partial charge in [-0.2, -0.15) is 5.10 Å². The number of hydrogen-bond acceptors (Lipinski definition) is 4. The monoisotopic (exact) mass is 215 g/mol. The molecule has 1 aliphatic carbocycles. The van der Waals surface area contributed by atoms with Gasteiger partial charge in [-0.05, 0) is 25.0 Å². The zero-order chi connectivity index (χ0) is 11.0. The summed E-state index contributed by atoms with van der Waals surface area (Å²) < 4.78 is 1.73. The van der Waals surface area contributed by atoms with Crippen molar-refractivity contribution in [2.24, 2.45) is 5.73 Å². The lowest BCUT2D eigenvalue weighted by Gasteiger charge is -2.04. The van der Waals surface area contributed by atoms with Gasteiger partial charge in [0.25, 0.3) is 0 Å². The van der Waals surface area contributed by atoms with E-state index in [0.29, 0.717) is 12.5 Å². The number of rotatable bonds is 3. The highest BCUT2D eigenvalue weighted by atomic mass is 15.3. The van der Waals surface area contributed by atoms with Crippen LogP contribution in [0.5, 0.6) is 0 Å². The van der Waals surface area contributed by atoms with Crippen molar-refractivity contribution in [3.63, 3.8) is 0 Å². The van der Waals surface area contributed by atoms with E-state index in [4.69, 9.17) is 5.73 Å². The van der Waals surface area contributed by atoms with Gasteiger partial charge in [0, 0.05) is 11.6 Å². The van der Waals surface area contributed by atoms with Crippen LogP contribution in [0.3, 0.4) is 0 Å². The second-order valence-corrected chi connectivity index (χ2v) is 4.01. The van der Waals surface area contributed by atoms with E-state index in [9.17, 15) is 0 Å². The molecule has 2 heterocycles. The molecule has 0 radical (unpaired) electrons. The van der Waals surface area contributed by atoms with Crippen LogP contribution in [-0.4, -0.2) is 19.7 Å². The minimum atomic E-state index is 0.379. The van der Waals surface area contributed by atoms with E-state index in [-0.39, 0.29) is 0 Å². The van der Waals surface area contributed by atoms with E-state index in [1.165, 1.54) is 24.9 Å². The summed E-state index contributed by atoms with van der Waals surface area (Å²) in [6.45, 7) is 0.379. The van der Waals surface area contributed by atoms with Crippen LogP contribution >= 0.6 is 0 Å². The van der Waals surface area contributed by atoms with Gasteiger partial charge >= 0.3 is 0 Å². The van der Waals surface area contributed by atoms with Gasteiger partial charge in [0.15, 0.2) is 0 Å². The molecule has 1 aliphatic rings. The molecule has 82 valence electrons. The van der Waals surface area contributed by atoms with Crippen LogP contribution < -0.4 is 5.73 Å². The fraction of sp³-hybridized carbons (Fsp3) is 0.364. The highest BCUT2D eigenvalue weighted by Gasteiger charge is 2.24. The molecule has 0 aromatic carbocycles. The molecule has 0 atom stereocenters. The molecule has 1 saturated carbocycles. The van der Waals surface area contributed by atoms with Gasteiger partial charge in [-0.1, -0.05) is 0 Å². The van der Waals surface area contributed by atoms with Crippen molar-refractivity contribution in [2.45, 2.75) is 25.3 Å². The molecule has 1 fully saturated rings. The summed E-state index contributed by atoms with van der Waals surface area (Å²) in [4.78, 5) is 8.52. The Morgan fingerprint density at radius 1 is 1.31 bits per heavy atom. The Balaban J connectivity index is 1.94. The third-order valence-corrected chi connectivity index (χ3v) is 2.81. The van der Waals surface area contributed by atoms with Crippen molar-refractivity contribution in [1.82, 2.24) is 19.7 Å². The Hall–Kier alpha value is -1.75. The Morgan fingerprint density at radius 3 is 2.81 bits per heavy atom. The molecule has 0 saturated heterocycles. The van der Waals surface area contributed by atoms with Crippen molar-refractivity contribution >= 4 is 0 Å². The molecule has 16 heavy (non-hydrogen) atoms. The normalized spacial score (nSPS) is 15.3. The van der Waals surface area contributed by atoms with Crippen LogP contribution in [0, 0.1) is 0 Å². The summed E-state index contributed by atoms with van der Waals surface area (Å²) in [5.41, 5.74) is 7.67. The summed E-state index contributed by atoms with van der Waals surface area (Å²) in [6, 6.07) is 4.09. The van der Waals surface area contributed by atoms with Crippen LogP contribution in [0.2, 0.25) is 0 Å². The molecule has 0 unspecified atom stereocenters. The van der Waals surface area contributed by atoms with Gasteiger partial charge in [-0.15, -0.1) is 0 Å². The maximum Gasteiger partial charge on any atom is 0.146 e. The van der Waals surface area contributed by atoms with Crippen molar-refractivity contribution in [2.75, 3.05) is 0 Å². The Labute approximate surface area is 93.3 Å². The highest BCUT2D eigenvalue weighted by Crippen LogP contribution is 2.38. The third kappa shape index (κ3) is 1.59. The average molecular weight is 215 g/mol. The topological polar surface area (TPSA) is 69.6 Å². The molecule has 0 aliphatic heterocycles. The first-order valence-corrected chi connectivity index (χ1v) is 5.44. The van der Waals surface area contributed by atoms with Crippen molar-refractivity contribution in [3.8, 4) is 5.69 Å². The molecule has 5 nitrogen and oxygen atoms in total. The fourth-order valence-corrected chi connectivity index (χ4v) is 1.76. The van der Waals surface area contributed by atoms with Gasteiger partial charge in [-0.25, -0.2) is 9.67 Å². The van der Waals surface area contributed by atoms with Crippen molar-refractivity contribution in [1.29, 1.82) is 0 Å². The fourth-order valence-electron chi connectivity index (χ4n) is 1.76. The highest BCUT2D eigenvalue weighted by molar-refractivity contribution is 5.31. The maximum atomic E-state index is 5.58. The molecule has 2 aromatic heterocycles. The molecule has 0 spiro atoms. The Morgan fingerprint density at radius 2 is 2.19 bits per heavy atom. The lowest BCUT2D eigenvalue weighted by molar-refractivity contribution is 0.784. The summed E-state index contributed by atoms with van der Waals surface area (Å²) in [6.07, 6.45) is 5.88. The van der Waals surface area contributed by atoms with Gasteiger partial charge in [-0.3, -0.25) is 4.98 Å². The van der Waals surface area contributed by atoms with E-state index in [1.807, 2.05) is 12.3 Å². The molecule has 3 rings (SSSR count). The van der Waals surface area contributed by atoms with Crippen LogP contribution in [0.1, 0.15) is 30.3 Å². The molecule has 2 aromatic rings. The van der Waals surface area contributed by atoms with Gasteiger partial charge in [0.2, 0.25) is 0 Å². The summed E-state index contributed by atoms with van der Waals surface area (Å²) in [5, 5.41) is 4.13. The number of aromatic nitrogens is 4. The maximum absolute atomic E-state index is 5.58. The first-order valence-electron chi connectivity index (χ1n) is 5.44. The Kier molecular flexibility index (Phi) is 2.18. The van der Waals surface area contributed by atoms with E-state index in [0.717, 1.165) is 11.5 Å². The zero-order valence-corrected chi connectivity index (χ0v) is 8.87. The second kappa shape index (κ2) is 3.68. The quantitative estimate of drug-likeness (QED) is 0.829. The molecular formula is C11H13N5. The first-order chi connectivity index (χ1) is 7.88. The zero-order valence-electron chi connectivity index (χ0n) is 8.87. The van der Waals surface area contributed by atoms with E-state index < -0.39 is 0 Å². The van der Waals surface area contributed by atoms with E-state index in [2.05, 4.69) is 21.1 Å². The second-order valence-electron chi connectivity index (χ2n) is 4.01. The van der Waals surface area contributed by atoms with Crippen molar-refractivity contribution in [3.05, 3.63) is 36.2 Å². The summed E-state index contributed by atoms with van der Waals surface area (Å²) >= 11 is 0. The van der Waals surface area contributed by atoms with Gasteiger partial charge in [0.1, 0.15) is 12.2 Å². The third-order valence-electron chi connectivity index (χ3n) is 2.81. The van der Waals surface area contributed by atoms with Crippen LogP contribution in [0.15, 0.2) is 24.7 Å². The van der Waals surface area contributed by atoms with Crippen LogP contribution in [0.4, 0.5) is 0 Å². The molecular weight excluding hydrogens is 202 g/mol. The molecule has 0 bridgehead atoms. The minimum absolute atomic E-state index is 0.379. The van der Waals surface area contributed by atoms with E-state index in [1.54, 1.807) is 4.68 Å². The molecule has 0 amide bonds. The van der Waals surface area contributed by atoms with Crippen LogP contribution in [0.25, 0.3) is 5.69 Å². The SMILES string of the molecule is NCc1ncnn1-c1ccc(C2CC2)nc1. The Bertz CT molecular complexity index is 483. The smallest absolute Gasteiger partial charge is 0.146 e. The van der Waals surface area contributed by atoms with Gasteiger partial charge in [0.05, 0.1) is 18.4 Å². The number of nitrogens with zero attached hydrogens (tertiary/aromatic N) is 4. The van der Waals surface area contributed by atoms with Crippen LogP contribution in [-0.2, 0) is 6.54 Å². The number of hydrogen-bond donors (Lipinski definition) is 1. The summed E-state index contributed by atoms with van der Waals surface area (Å²) in [5.74, 6) is 1.43. The van der Waals surface area contributed by atoms with Gasteiger partial charge < -0.3 is 5.73 Å². The minimum Gasteiger partial charge on any atom is -0.324 e. The predicted octanol–water partition coefficient (Wildman–Crippen LogP) is 0.998. The standard InChI is InChI=1S/C11H13N5/c12-5-11-14-7-15-16(11)9-3-4-10(13-6-9)8-1-2-8/h3-4,6-8H,1-2,5,12H2. The molecule has 2 N–H and O–H groups in total. The first kappa shape index (κ1) is 9.47. The number of pyridine rings is 1. The number of nitrogens with two attached hydrogens (primary N) is 1. The van der Waals surface area contributed by atoms with E-state index >= 15 is 0 Å². The lowest BCUT2D eigenvalue weighted by atomic mass is 10.2. The largest absolute Gasteiger partial charge is 0.324 e. The average Bonchev–Trinajstić information content (AvgIpc) is 3.07. The molecule has 5 heteroatoms.